The molecule has 1 aromatic rings. The van der Waals surface area contributed by atoms with Crippen LogP contribution in [-0.2, 0) is 16.0 Å². The number of ether oxygens (including phenoxy) is 1. The Kier molecular flexibility index (Phi) is 8.91. The lowest BCUT2D eigenvalue weighted by atomic mass is 10.0. The lowest BCUT2D eigenvalue weighted by Crippen LogP contribution is -2.47. The monoisotopic (exact) mass is 459 g/mol. The maximum absolute atomic E-state index is 13.0. The zero-order valence-corrected chi connectivity index (χ0v) is 18.9. The SMILES string of the molecule is C[C@H](CO)N1C[C@H](C)[C@@H](CN(C)C)Oc2ccc(NC(=O)CCC(F)(F)F)cc2CC1=O. The summed E-state index contributed by atoms with van der Waals surface area (Å²) in [6.45, 7) is 4.58. The van der Waals surface area contributed by atoms with Gasteiger partial charge in [-0.25, -0.2) is 0 Å². The van der Waals surface area contributed by atoms with Crippen LogP contribution in [0, 0.1) is 5.92 Å². The molecule has 0 fully saturated rings. The minimum atomic E-state index is -4.41. The van der Waals surface area contributed by atoms with Crippen molar-refractivity contribution >= 4 is 17.5 Å². The standard InChI is InChI=1S/C22H32F3N3O4/c1-14-11-28(15(2)13-29)21(31)10-16-9-17(26-20(30)7-8-22(23,24)25)5-6-18(16)32-19(14)12-27(3)4/h5-6,9,14-15,19,29H,7-8,10-13H2,1-4H3,(H,26,30)/t14-,15+,19+/m0/s1. The molecule has 7 nitrogen and oxygen atoms in total. The summed E-state index contributed by atoms with van der Waals surface area (Å²) in [6.07, 6.45) is -6.56. The molecule has 1 aliphatic rings. The van der Waals surface area contributed by atoms with Gasteiger partial charge in [0.05, 0.1) is 25.5 Å². The van der Waals surface area contributed by atoms with Crippen molar-refractivity contribution in [3.63, 3.8) is 0 Å². The number of rotatable bonds is 7. The zero-order valence-electron chi connectivity index (χ0n) is 18.9. The molecule has 2 N–H and O–H groups in total. The van der Waals surface area contributed by atoms with E-state index in [1.165, 1.54) is 0 Å². The van der Waals surface area contributed by atoms with Crippen molar-refractivity contribution in [1.29, 1.82) is 0 Å². The number of nitrogens with zero attached hydrogens (tertiary/aromatic N) is 2. The summed E-state index contributed by atoms with van der Waals surface area (Å²) in [4.78, 5) is 28.6. The van der Waals surface area contributed by atoms with Gasteiger partial charge in [0.2, 0.25) is 11.8 Å². The summed E-state index contributed by atoms with van der Waals surface area (Å²) < 4.78 is 43.4. The maximum Gasteiger partial charge on any atom is 0.389 e. The number of alkyl halides is 3. The van der Waals surface area contributed by atoms with Gasteiger partial charge >= 0.3 is 6.18 Å². The number of carbonyl (C=O) groups excluding carboxylic acids is 2. The Balaban J connectivity index is 2.31. The van der Waals surface area contributed by atoms with Gasteiger partial charge in [-0.05, 0) is 39.2 Å². The van der Waals surface area contributed by atoms with Crippen molar-refractivity contribution in [3.8, 4) is 5.75 Å². The highest BCUT2D eigenvalue weighted by atomic mass is 19.4. The van der Waals surface area contributed by atoms with Gasteiger partial charge in [-0.1, -0.05) is 6.92 Å². The maximum atomic E-state index is 13.0. The molecule has 0 radical (unpaired) electrons. The smallest absolute Gasteiger partial charge is 0.389 e. The predicted molar refractivity (Wildman–Crippen MR) is 114 cm³/mol. The van der Waals surface area contributed by atoms with E-state index in [0.717, 1.165) is 0 Å². The van der Waals surface area contributed by atoms with Crippen LogP contribution in [0.5, 0.6) is 5.75 Å². The van der Waals surface area contributed by atoms with E-state index in [2.05, 4.69) is 5.32 Å². The number of hydrogen-bond acceptors (Lipinski definition) is 5. The minimum Gasteiger partial charge on any atom is -0.488 e. The normalized spacial score (nSPS) is 20.7. The minimum absolute atomic E-state index is 0.0205. The number of aliphatic hydroxyl groups excluding tert-OH is 1. The van der Waals surface area contributed by atoms with Crippen molar-refractivity contribution in [2.45, 2.75) is 51.4 Å². The lowest BCUT2D eigenvalue weighted by molar-refractivity contribution is -0.142. The number of aliphatic hydroxyl groups is 1. The third-order valence-corrected chi connectivity index (χ3v) is 5.38. The molecule has 1 aliphatic heterocycles. The highest BCUT2D eigenvalue weighted by molar-refractivity contribution is 5.91. The molecule has 32 heavy (non-hydrogen) atoms. The van der Waals surface area contributed by atoms with Gasteiger partial charge in [0.1, 0.15) is 11.9 Å². The molecule has 2 amide bonds. The van der Waals surface area contributed by atoms with Crippen molar-refractivity contribution in [3.05, 3.63) is 23.8 Å². The van der Waals surface area contributed by atoms with Crippen LogP contribution in [0.1, 0.15) is 32.3 Å². The lowest BCUT2D eigenvalue weighted by Gasteiger charge is -2.33. The number of fused-ring (bicyclic) bond motifs is 1. The fraction of sp³-hybridized carbons (Fsp3) is 0.636. The molecule has 0 saturated carbocycles. The van der Waals surface area contributed by atoms with E-state index < -0.39 is 24.9 Å². The molecule has 3 atom stereocenters. The van der Waals surface area contributed by atoms with E-state index in [9.17, 15) is 27.9 Å². The van der Waals surface area contributed by atoms with Crippen molar-refractivity contribution in [2.75, 3.05) is 39.1 Å². The van der Waals surface area contributed by atoms with Crippen molar-refractivity contribution in [2.24, 2.45) is 5.92 Å². The number of nitrogens with one attached hydrogen (secondary N) is 1. The number of hydrogen-bond donors (Lipinski definition) is 2. The molecule has 1 heterocycles. The average Bonchev–Trinajstić information content (AvgIpc) is 2.73. The first-order valence-electron chi connectivity index (χ1n) is 10.6. The molecule has 0 aliphatic carbocycles. The fourth-order valence-corrected chi connectivity index (χ4v) is 3.56. The second-order valence-corrected chi connectivity index (χ2v) is 8.64. The number of carbonyl (C=O) groups is 2. The van der Waals surface area contributed by atoms with Crippen molar-refractivity contribution in [1.82, 2.24) is 9.80 Å². The number of benzene rings is 1. The number of halogens is 3. The van der Waals surface area contributed by atoms with E-state index >= 15 is 0 Å². The Morgan fingerprint density at radius 3 is 2.66 bits per heavy atom. The van der Waals surface area contributed by atoms with Gasteiger partial charge < -0.3 is 25.0 Å². The third kappa shape index (κ3) is 7.67. The van der Waals surface area contributed by atoms with Crippen LogP contribution in [-0.4, -0.2) is 78.8 Å². The second-order valence-electron chi connectivity index (χ2n) is 8.64. The topological polar surface area (TPSA) is 82.1 Å². The summed E-state index contributed by atoms with van der Waals surface area (Å²) in [5.74, 6) is -0.492. The Hall–Kier alpha value is -2.33. The summed E-state index contributed by atoms with van der Waals surface area (Å²) in [7, 11) is 3.84. The Labute approximate surface area is 186 Å². The van der Waals surface area contributed by atoms with Gasteiger partial charge in [0.25, 0.3) is 0 Å². The molecule has 180 valence electrons. The van der Waals surface area contributed by atoms with E-state index in [0.29, 0.717) is 30.1 Å². The van der Waals surface area contributed by atoms with Crippen molar-refractivity contribution < 1.29 is 32.6 Å². The van der Waals surface area contributed by atoms with E-state index in [1.807, 2.05) is 25.9 Å². The van der Waals surface area contributed by atoms with Gasteiger partial charge in [0.15, 0.2) is 0 Å². The summed E-state index contributed by atoms with van der Waals surface area (Å²) in [5, 5.41) is 12.1. The van der Waals surface area contributed by atoms with Gasteiger partial charge in [0, 0.05) is 36.7 Å². The molecule has 0 bridgehead atoms. The highest BCUT2D eigenvalue weighted by Gasteiger charge is 2.31. The molecule has 0 unspecified atom stereocenters. The highest BCUT2D eigenvalue weighted by Crippen LogP contribution is 2.29. The number of anilines is 1. The largest absolute Gasteiger partial charge is 0.488 e. The van der Waals surface area contributed by atoms with Crippen LogP contribution in [0.15, 0.2) is 18.2 Å². The van der Waals surface area contributed by atoms with Crippen LogP contribution < -0.4 is 10.1 Å². The molecular formula is C22H32F3N3O4. The van der Waals surface area contributed by atoms with Crippen LogP contribution in [0.25, 0.3) is 0 Å². The van der Waals surface area contributed by atoms with Crippen LogP contribution in [0.3, 0.4) is 0 Å². The summed E-state index contributed by atoms with van der Waals surface area (Å²) in [6, 6.07) is 4.36. The summed E-state index contributed by atoms with van der Waals surface area (Å²) >= 11 is 0. The zero-order chi connectivity index (χ0) is 24.1. The first-order chi connectivity index (χ1) is 14.9. The van der Waals surface area contributed by atoms with Crippen LogP contribution in [0.4, 0.5) is 18.9 Å². The quantitative estimate of drug-likeness (QED) is 0.655. The third-order valence-electron chi connectivity index (χ3n) is 5.38. The first-order valence-corrected chi connectivity index (χ1v) is 10.6. The molecule has 10 heteroatoms. The molecule has 0 aromatic heterocycles. The Bertz CT molecular complexity index is 801. The molecule has 2 rings (SSSR count). The molecule has 0 saturated heterocycles. The second kappa shape index (κ2) is 11.0. The number of likely N-dealkylation sites (N-methyl/N-ethyl adjacent to an activating group) is 1. The van der Waals surface area contributed by atoms with Crippen LogP contribution in [0.2, 0.25) is 0 Å². The van der Waals surface area contributed by atoms with Gasteiger partial charge in [-0.15, -0.1) is 0 Å². The average molecular weight is 460 g/mol. The van der Waals surface area contributed by atoms with Crippen LogP contribution >= 0.6 is 0 Å². The van der Waals surface area contributed by atoms with Gasteiger partial charge in [-0.3, -0.25) is 9.59 Å². The number of amides is 2. The first kappa shape index (κ1) is 25.9. The molecular weight excluding hydrogens is 427 g/mol. The Morgan fingerprint density at radius 2 is 2.06 bits per heavy atom. The van der Waals surface area contributed by atoms with E-state index in [-0.39, 0.29) is 37.0 Å². The summed E-state index contributed by atoms with van der Waals surface area (Å²) in [5.41, 5.74) is 0.821. The molecule has 0 spiro atoms. The Morgan fingerprint density at radius 1 is 1.38 bits per heavy atom. The van der Waals surface area contributed by atoms with E-state index in [1.54, 1.807) is 30.0 Å². The predicted octanol–water partition coefficient (Wildman–Crippen LogP) is 2.68. The van der Waals surface area contributed by atoms with E-state index in [4.69, 9.17) is 4.74 Å². The fourth-order valence-electron chi connectivity index (χ4n) is 3.56. The molecule has 1 aromatic carbocycles. The van der Waals surface area contributed by atoms with Gasteiger partial charge in [-0.2, -0.15) is 13.2 Å².